The summed E-state index contributed by atoms with van der Waals surface area (Å²) in [4.78, 5) is 25.5. The first-order chi connectivity index (χ1) is 13.6. The van der Waals surface area contributed by atoms with E-state index in [1.54, 1.807) is 18.3 Å². The van der Waals surface area contributed by atoms with E-state index in [4.69, 9.17) is 0 Å². The zero-order valence-corrected chi connectivity index (χ0v) is 15.8. The first-order valence-electron chi connectivity index (χ1n) is 8.96. The molecule has 0 radical (unpaired) electrons. The number of rotatable bonds is 5. The van der Waals surface area contributed by atoms with Crippen molar-refractivity contribution in [1.82, 2.24) is 5.43 Å². The number of hydrogen-bond acceptors (Lipinski definition) is 6. The first kappa shape index (κ1) is 18.1. The van der Waals surface area contributed by atoms with E-state index >= 15 is 0 Å². The number of nitro groups is 1. The maximum atomic E-state index is 12.3. The molecule has 2 heterocycles. The van der Waals surface area contributed by atoms with Crippen molar-refractivity contribution < 1.29 is 9.72 Å². The van der Waals surface area contributed by atoms with Gasteiger partial charge in [-0.05, 0) is 42.7 Å². The summed E-state index contributed by atoms with van der Waals surface area (Å²) in [6.45, 7) is 2.20. The van der Waals surface area contributed by atoms with Crippen molar-refractivity contribution in [3.63, 3.8) is 0 Å². The summed E-state index contributed by atoms with van der Waals surface area (Å²) < 4.78 is 0.817. The zero-order chi connectivity index (χ0) is 19.5. The van der Waals surface area contributed by atoms with Gasteiger partial charge in [0.2, 0.25) is 0 Å². The number of fused-ring (bicyclic) bond motifs is 1. The Morgan fingerprint density at radius 3 is 2.61 bits per heavy atom. The largest absolute Gasteiger partial charge is 0.372 e. The number of thiophene rings is 1. The molecular formula is C20H18N4O3S. The van der Waals surface area contributed by atoms with E-state index in [1.165, 1.54) is 42.0 Å². The molecule has 0 atom stereocenters. The SMILES string of the molecule is O=C(N/N=C\c1ccc(N2CCCC2)cc1)c1cc2cc([N+](=O)[O-])ccc2s1. The molecule has 1 saturated heterocycles. The number of benzene rings is 2. The van der Waals surface area contributed by atoms with E-state index in [0.717, 1.165) is 23.4 Å². The molecule has 0 aliphatic carbocycles. The summed E-state index contributed by atoms with van der Waals surface area (Å²) in [6.07, 6.45) is 4.07. The van der Waals surface area contributed by atoms with Crippen LogP contribution >= 0.6 is 11.3 Å². The minimum atomic E-state index is -0.448. The van der Waals surface area contributed by atoms with E-state index in [2.05, 4.69) is 27.6 Å². The van der Waals surface area contributed by atoms with Gasteiger partial charge in [-0.3, -0.25) is 14.9 Å². The average Bonchev–Trinajstić information content (AvgIpc) is 3.37. The van der Waals surface area contributed by atoms with Crippen LogP contribution in [0.2, 0.25) is 0 Å². The molecule has 2 aromatic carbocycles. The predicted octanol–water partition coefficient (Wildman–Crippen LogP) is 4.17. The minimum absolute atomic E-state index is 0.00709. The monoisotopic (exact) mass is 394 g/mol. The van der Waals surface area contributed by atoms with Gasteiger partial charge >= 0.3 is 0 Å². The van der Waals surface area contributed by atoms with Gasteiger partial charge < -0.3 is 4.90 Å². The molecule has 0 unspecified atom stereocenters. The maximum absolute atomic E-state index is 12.3. The fourth-order valence-corrected chi connectivity index (χ4v) is 4.16. The molecule has 0 bridgehead atoms. The van der Waals surface area contributed by atoms with Crippen LogP contribution in [0.4, 0.5) is 11.4 Å². The number of nitrogens with one attached hydrogen (secondary N) is 1. The number of carbonyl (C=O) groups is 1. The fraction of sp³-hybridized carbons (Fsp3) is 0.200. The molecular weight excluding hydrogens is 376 g/mol. The number of hydrogen-bond donors (Lipinski definition) is 1. The molecule has 7 nitrogen and oxygen atoms in total. The molecule has 3 aromatic rings. The van der Waals surface area contributed by atoms with E-state index < -0.39 is 4.92 Å². The summed E-state index contributed by atoms with van der Waals surface area (Å²) in [6, 6.07) is 14.3. The smallest absolute Gasteiger partial charge is 0.281 e. The van der Waals surface area contributed by atoms with Crippen LogP contribution in [0, 0.1) is 10.1 Å². The third-order valence-corrected chi connectivity index (χ3v) is 5.79. The van der Waals surface area contributed by atoms with Crippen molar-refractivity contribution in [1.29, 1.82) is 0 Å². The molecule has 1 aromatic heterocycles. The summed E-state index contributed by atoms with van der Waals surface area (Å²) in [5, 5.41) is 15.6. The number of nitro benzene ring substituents is 1. The van der Waals surface area contributed by atoms with Crippen molar-refractivity contribution >= 4 is 44.9 Å². The first-order valence-corrected chi connectivity index (χ1v) is 9.78. The summed E-state index contributed by atoms with van der Waals surface area (Å²) in [7, 11) is 0. The number of nitrogens with zero attached hydrogens (tertiary/aromatic N) is 3. The zero-order valence-electron chi connectivity index (χ0n) is 15.0. The van der Waals surface area contributed by atoms with E-state index in [-0.39, 0.29) is 11.6 Å². The van der Waals surface area contributed by atoms with Gasteiger partial charge in [0.05, 0.1) is 16.0 Å². The van der Waals surface area contributed by atoms with Gasteiger partial charge in [0.15, 0.2) is 0 Å². The standard InChI is InChI=1S/C20H18N4O3S/c25-20(19-12-15-11-17(24(26)27)7-8-18(15)28-19)22-21-13-14-3-5-16(6-4-14)23-9-1-2-10-23/h3-8,11-13H,1-2,9-10H2,(H,22,25)/b21-13-. The lowest BCUT2D eigenvalue weighted by Gasteiger charge is -2.17. The van der Waals surface area contributed by atoms with Crippen LogP contribution in [0.25, 0.3) is 10.1 Å². The van der Waals surface area contributed by atoms with Gasteiger partial charge in [0.25, 0.3) is 11.6 Å². The Balaban J connectivity index is 1.40. The predicted molar refractivity (Wildman–Crippen MR) is 111 cm³/mol. The lowest BCUT2D eigenvalue weighted by molar-refractivity contribution is -0.384. The number of hydrazone groups is 1. The third-order valence-electron chi connectivity index (χ3n) is 4.68. The average molecular weight is 394 g/mol. The normalized spacial score (nSPS) is 14.1. The number of anilines is 1. The van der Waals surface area contributed by atoms with Gasteiger partial charge in [-0.2, -0.15) is 5.10 Å². The Morgan fingerprint density at radius 1 is 1.14 bits per heavy atom. The van der Waals surface area contributed by atoms with Crippen LogP contribution in [0.15, 0.2) is 53.6 Å². The van der Waals surface area contributed by atoms with Crippen molar-refractivity contribution in [2.24, 2.45) is 5.10 Å². The molecule has 142 valence electrons. The van der Waals surface area contributed by atoms with Crippen molar-refractivity contribution in [3.05, 3.63) is 69.1 Å². The topological polar surface area (TPSA) is 87.8 Å². The van der Waals surface area contributed by atoms with Crippen LogP contribution in [0.1, 0.15) is 28.1 Å². The molecule has 1 amide bonds. The Labute approximate surface area is 165 Å². The molecule has 0 spiro atoms. The second-order valence-corrected chi connectivity index (χ2v) is 7.66. The van der Waals surface area contributed by atoms with Crippen LogP contribution in [-0.4, -0.2) is 30.1 Å². The van der Waals surface area contributed by atoms with Crippen molar-refractivity contribution in [3.8, 4) is 0 Å². The molecule has 1 N–H and O–H groups in total. The van der Waals surface area contributed by atoms with Gasteiger partial charge in [0, 0.05) is 41.0 Å². The number of amides is 1. The van der Waals surface area contributed by atoms with Gasteiger partial charge in [-0.25, -0.2) is 5.43 Å². The van der Waals surface area contributed by atoms with E-state index in [1.807, 2.05) is 12.1 Å². The molecule has 28 heavy (non-hydrogen) atoms. The molecule has 0 saturated carbocycles. The van der Waals surface area contributed by atoms with Gasteiger partial charge in [-0.1, -0.05) is 12.1 Å². The van der Waals surface area contributed by atoms with Crippen LogP contribution in [-0.2, 0) is 0 Å². The highest BCUT2D eigenvalue weighted by Gasteiger charge is 2.13. The molecule has 1 aliphatic rings. The van der Waals surface area contributed by atoms with Gasteiger partial charge in [0.1, 0.15) is 0 Å². The van der Waals surface area contributed by atoms with Crippen LogP contribution in [0.3, 0.4) is 0 Å². The third kappa shape index (κ3) is 3.86. The second kappa shape index (κ2) is 7.77. The quantitative estimate of drug-likeness (QED) is 0.400. The minimum Gasteiger partial charge on any atom is -0.372 e. The summed E-state index contributed by atoms with van der Waals surface area (Å²) >= 11 is 1.27. The molecule has 4 rings (SSSR count). The second-order valence-electron chi connectivity index (χ2n) is 6.57. The Morgan fingerprint density at radius 2 is 1.89 bits per heavy atom. The highest BCUT2D eigenvalue weighted by Crippen LogP contribution is 2.28. The highest BCUT2D eigenvalue weighted by molar-refractivity contribution is 7.20. The number of carbonyl (C=O) groups excluding carboxylic acids is 1. The Kier molecular flexibility index (Phi) is 5.03. The Hall–Kier alpha value is -3.26. The lowest BCUT2D eigenvalue weighted by Crippen LogP contribution is -2.17. The molecule has 8 heteroatoms. The maximum Gasteiger partial charge on any atom is 0.281 e. The highest BCUT2D eigenvalue weighted by atomic mass is 32.1. The molecule has 1 fully saturated rings. The van der Waals surface area contributed by atoms with Crippen LogP contribution < -0.4 is 10.3 Å². The van der Waals surface area contributed by atoms with Crippen LogP contribution in [0.5, 0.6) is 0 Å². The fourth-order valence-electron chi connectivity index (χ4n) is 3.22. The summed E-state index contributed by atoms with van der Waals surface area (Å²) in [5.74, 6) is -0.339. The van der Waals surface area contributed by atoms with Crippen molar-refractivity contribution in [2.45, 2.75) is 12.8 Å². The molecule has 1 aliphatic heterocycles. The Bertz CT molecular complexity index is 1050. The summed E-state index contributed by atoms with van der Waals surface area (Å²) in [5.41, 5.74) is 4.62. The lowest BCUT2D eigenvalue weighted by atomic mass is 10.2. The van der Waals surface area contributed by atoms with Gasteiger partial charge in [-0.15, -0.1) is 11.3 Å². The van der Waals surface area contributed by atoms with E-state index in [9.17, 15) is 14.9 Å². The van der Waals surface area contributed by atoms with E-state index in [0.29, 0.717) is 10.3 Å². The van der Waals surface area contributed by atoms with Crippen molar-refractivity contribution in [2.75, 3.05) is 18.0 Å². The number of non-ortho nitro benzene ring substituents is 1.